The zero-order valence-corrected chi connectivity index (χ0v) is 25.5. The van der Waals surface area contributed by atoms with Gasteiger partial charge < -0.3 is 29.3 Å². The summed E-state index contributed by atoms with van der Waals surface area (Å²) in [6.45, 7) is 13.0. The average molecular weight is 627 g/mol. The van der Waals surface area contributed by atoms with Gasteiger partial charge in [0.1, 0.15) is 23.5 Å². The lowest BCUT2D eigenvalue weighted by Crippen LogP contribution is -2.59. The molecule has 214 valence electrons. The molecule has 0 saturated carbocycles. The Hall–Kier alpha value is -2.08. The summed E-state index contributed by atoms with van der Waals surface area (Å²) in [6, 6.07) is 1.25. The van der Waals surface area contributed by atoms with Crippen molar-refractivity contribution in [3.8, 4) is 5.75 Å². The Balaban J connectivity index is 1.49. The number of halogens is 2. The van der Waals surface area contributed by atoms with Crippen LogP contribution in [0, 0.1) is 0 Å². The maximum Gasteiger partial charge on any atom is 0.410 e. The smallest absolute Gasteiger partial charge is 0.410 e. The van der Waals surface area contributed by atoms with Crippen LogP contribution in [-0.4, -0.2) is 83.7 Å². The van der Waals surface area contributed by atoms with Crippen LogP contribution >= 0.6 is 27.5 Å². The first-order valence-corrected chi connectivity index (χ1v) is 14.8. The second-order valence-corrected chi connectivity index (χ2v) is 12.9. The van der Waals surface area contributed by atoms with Gasteiger partial charge in [-0.05, 0) is 82.5 Å². The third kappa shape index (κ3) is 5.73. The molecular formula is C27H37BrClN5O5. The number of nitrogens with one attached hydrogen (secondary N) is 1. The van der Waals surface area contributed by atoms with E-state index in [0.29, 0.717) is 46.3 Å². The van der Waals surface area contributed by atoms with Crippen LogP contribution in [0.2, 0.25) is 5.02 Å². The van der Waals surface area contributed by atoms with Gasteiger partial charge in [-0.3, -0.25) is 4.57 Å². The maximum absolute atomic E-state index is 13.7. The first-order chi connectivity index (χ1) is 18.4. The molecule has 2 saturated heterocycles. The number of nitrogens with zero attached hydrogens (tertiary/aromatic N) is 4. The summed E-state index contributed by atoms with van der Waals surface area (Å²) < 4.78 is 20.4. The third-order valence-corrected chi connectivity index (χ3v) is 8.84. The molecule has 3 aliphatic rings. The van der Waals surface area contributed by atoms with Crippen molar-refractivity contribution in [2.24, 2.45) is 0 Å². The Morgan fingerprint density at radius 2 is 1.95 bits per heavy atom. The molecular weight excluding hydrogens is 590 g/mol. The number of ether oxygens (including phenoxy) is 3. The predicted octanol–water partition coefficient (Wildman–Crippen LogP) is 4.35. The van der Waals surface area contributed by atoms with Crippen LogP contribution < -0.4 is 20.6 Å². The highest BCUT2D eigenvalue weighted by molar-refractivity contribution is 9.10. The topological polar surface area (TPSA) is 98.2 Å². The van der Waals surface area contributed by atoms with Gasteiger partial charge in [0.25, 0.3) is 0 Å². The first-order valence-electron chi connectivity index (χ1n) is 13.6. The van der Waals surface area contributed by atoms with Crippen molar-refractivity contribution in [3.05, 3.63) is 26.0 Å². The SMILES string of the molecule is CC1CN(c2nc(=O)n3c4c(c(Br)c(Cl)cc24)OCC3COC2CCNCC2)C(C)CN1C(=O)OC(C)(C)C. The van der Waals surface area contributed by atoms with Gasteiger partial charge in [-0.15, -0.1) is 0 Å². The summed E-state index contributed by atoms with van der Waals surface area (Å²) in [5.41, 5.74) is -0.285. The van der Waals surface area contributed by atoms with Crippen LogP contribution in [0.5, 0.6) is 5.75 Å². The van der Waals surface area contributed by atoms with E-state index in [1.165, 1.54) is 0 Å². The molecule has 2 fully saturated rings. The molecule has 12 heteroatoms. The lowest BCUT2D eigenvalue weighted by Gasteiger charge is -2.45. The standard InChI is InChI=1S/C27H37BrClN5O5/c1-15-12-33(26(36)39-27(3,4)5)16(2)11-32(15)24-19-10-20(29)21(28)23-22(19)34(25(35)31-24)17(14-38-23)13-37-18-6-8-30-9-7-18/h10,15-18,30H,6-9,11-14H2,1-5H3. The second kappa shape index (κ2) is 11.1. The van der Waals surface area contributed by atoms with Crippen LogP contribution in [0.4, 0.5) is 10.6 Å². The van der Waals surface area contributed by atoms with Crippen LogP contribution in [-0.2, 0) is 9.47 Å². The van der Waals surface area contributed by atoms with Crippen molar-refractivity contribution in [1.29, 1.82) is 0 Å². The molecule has 4 heterocycles. The van der Waals surface area contributed by atoms with E-state index < -0.39 is 5.60 Å². The quantitative estimate of drug-likeness (QED) is 0.535. The largest absolute Gasteiger partial charge is 0.488 e. The molecule has 0 spiro atoms. The number of carbonyl (C=O) groups excluding carboxylic acids is 1. The third-order valence-electron chi connectivity index (χ3n) is 7.52. The normalized spacial score (nSPS) is 24.1. The number of benzene rings is 1. The highest BCUT2D eigenvalue weighted by atomic mass is 79.9. The molecule has 3 atom stereocenters. The number of rotatable bonds is 4. The zero-order chi connectivity index (χ0) is 28.1. The van der Waals surface area contributed by atoms with Crippen LogP contribution in [0.3, 0.4) is 0 Å². The fraction of sp³-hybridized carbons (Fsp3) is 0.667. The maximum atomic E-state index is 13.7. The number of piperidine rings is 1. The van der Waals surface area contributed by atoms with Gasteiger partial charge in [-0.25, -0.2) is 9.59 Å². The van der Waals surface area contributed by atoms with E-state index in [-0.39, 0.29) is 42.6 Å². The molecule has 10 nitrogen and oxygen atoms in total. The van der Waals surface area contributed by atoms with Gasteiger partial charge in [0.2, 0.25) is 0 Å². The lowest BCUT2D eigenvalue weighted by molar-refractivity contribution is 0.00364. The summed E-state index contributed by atoms with van der Waals surface area (Å²) in [5, 5.41) is 4.55. The fourth-order valence-electron chi connectivity index (χ4n) is 5.58. The van der Waals surface area contributed by atoms with Crippen molar-refractivity contribution in [3.63, 3.8) is 0 Å². The molecule has 1 N–H and O–H groups in total. The van der Waals surface area contributed by atoms with Crippen molar-refractivity contribution in [2.75, 3.05) is 44.3 Å². The van der Waals surface area contributed by atoms with Crippen molar-refractivity contribution < 1.29 is 19.0 Å². The molecule has 0 bridgehead atoms. The number of hydrogen-bond acceptors (Lipinski definition) is 8. The molecule has 3 unspecified atom stereocenters. The van der Waals surface area contributed by atoms with Crippen molar-refractivity contribution >= 4 is 50.3 Å². The van der Waals surface area contributed by atoms with Crippen molar-refractivity contribution in [1.82, 2.24) is 19.8 Å². The molecule has 2 aromatic rings. The lowest BCUT2D eigenvalue weighted by atomic mass is 10.1. The number of amides is 1. The second-order valence-electron chi connectivity index (χ2n) is 11.7. The minimum absolute atomic E-state index is 0.117. The van der Waals surface area contributed by atoms with Gasteiger partial charge >= 0.3 is 11.8 Å². The van der Waals surface area contributed by atoms with Crippen LogP contribution in [0.1, 0.15) is 53.5 Å². The Morgan fingerprint density at radius 1 is 1.23 bits per heavy atom. The monoisotopic (exact) mass is 625 g/mol. The Kier molecular flexibility index (Phi) is 8.07. The van der Waals surface area contributed by atoms with E-state index >= 15 is 0 Å². The van der Waals surface area contributed by atoms with Crippen molar-refractivity contribution in [2.45, 2.75) is 77.3 Å². The van der Waals surface area contributed by atoms with Gasteiger partial charge in [0.15, 0.2) is 5.75 Å². The van der Waals surface area contributed by atoms with E-state index in [2.05, 4.69) is 31.1 Å². The van der Waals surface area contributed by atoms with Gasteiger partial charge in [0, 0.05) is 30.6 Å². The van der Waals surface area contributed by atoms with E-state index in [0.717, 1.165) is 31.3 Å². The number of piperazine rings is 1. The van der Waals surface area contributed by atoms with Crippen LogP contribution in [0.15, 0.2) is 15.3 Å². The molecule has 5 rings (SSSR count). The van der Waals surface area contributed by atoms with E-state index in [1.807, 2.05) is 40.7 Å². The molecule has 1 aromatic carbocycles. The minimum atomic E-state index is -0.581. The molecule has 1 amide bonds. The van der Waals surface area contributed by atoms with Gasteiger partial charge in [-0.2, -0.15) is 4.98 Å². The Labute approximate surface area is 242 Å². The van der Waals surface area contributed by atoms with Gasteiger partial charge in [-0.1, -0.05) is 11.6 Å². The Bertz CT molecular complexity index is 1310. The predicted molar refractivity (Wildman–Crippen MR) is 154 cm³/mol. The summed E-state index contributed by atoms with van der Waals surface area (Å²) in [7, 11) is 0. The molecule has 39 heavy (non-hydrogen) atoms. The van der Waals surface area contributed by atoms with E-state index in [9.17, 15) is 9.59 Å². The van der Waals surface area contributed by atoms with E-state index in [4.69, 9.17) is 25.8 Å². The molecule has 0 aliphatic carbocycles. The summed E-state index contributed by atoms with van der Waals surface area (Å²) in [6.07, 6.45) is 1.70. The highest BCUT2D eigenvalue weighted by Gasteiger charge is 2.37. The summed E-state index contributed by atoms with van der Waals surface area (Å²) >= 11 is 10.2. The summed E-state index contributed by atoms with van der Waals surface area (Å²) in [5.74, 6) is 1.07. The summed E-state index contributed by atoms with van der Waals surface area (Å²) in [4.78, 5) is 35.0. The fourth-order valence-corrected chi connectivity index (χ4v) is 6.19. The number of anilines is 1. The number of aromatic nitrogens is 2. The number of hydrogen-bond donors (Lipinski definition) is 1. The minimum Gasteiger partial charge on any atom is -0.488 e. The Morgan fingerprint density at radius 3 is 2.64 bits per heavy atom. The highest BCUT2D eigenvalue weighted by Crippen LogP contribution is 2.44. The first kappa shape index (κ1) is 28.4. The molecule has 3 aliphatic heterocycles. The van der Waals surface area contributed by atoms with Gasteiger partial charge in [0.05, 0.1) is 28.2 Å². The molecule has 1 aromatic heterocycles. The van der Waals surface area contributed by atoms with E-state index in [1.54, 1.807) is 9.47 Å². The van der Waals surface area contributed by atoms with Crippen LogP contribution in [0.25, 0.3) is 10.9 Å². The zero-order valence-electron chi connectivity index (χ0n) is 23.1. The number of carbonyl (C=O) groups is 1. The average Bonchev–Trinajstić information content (AvgIpc) is 2.88. The molecule has 0 radical (unpaired) electrons.